The summed E-state index contributed by atoms with van der Waals surface area (Å²) in [5.74, 6) is 0.441. The quantitative estimate of drug-likeness (QED) is 0.561. The second-order valence-corrected chi connectivity index (χ2v) is 3.09. The molecule has 0 spiro atoms. The van der Waals surface area contributed by atoms with E-state index in [1.54, 1.807) is 13.2 Å². The van der Waals surface area contributed by atoms with E-state index in [4.69, 9.17) is 4.74 Å². The van der Waals surface area contributed by atoms with Gasteiger partial charge in [-0.05, 0) is 30.2 Å². The second-order valence-electron chi connectivity index (χ2n) is 3.09. The molecule has 1 aromatic carbocycles. The highest BCUT2D eigenvalue weighted by atomic mass is 16.5. The molecule has 3 nitrogen and oxygen atoms in total. The number of aryl methyl sites for hydroxylation is 1. The monoisotopic (exact) mass is 206 g/mol. The van der Waals surface area contributed by atoms with Crippen molar-refractivity contribution < 1.29 is 14.3 Å². The van der Waals surface area contributed by atoms with Crippen molar-refractivity contribution in [3.05, 3.63) is 35.4 Å². The highest BCUT2D eigenvalue weighted by Crippen LogP contribution is 2.19. The van der Waals surface area contributed by atoms with Gasteiger partial charge in [-0.15, -0.1) is 0 Å². The first kappa shape index (κ1) is 11.3. The Morgan fingerprint density at radius 3 is 2.67 bits per heavy atom. The molecule has 0 fully saturated rings. The average molecular weight is 206 g/mol. The first-order valence-corrected chi connectivity index (χ1v) is 4.58. The number of carbonyl (C=O) groups is 1. The Bertz CT molecular complexity index is 380. The van der Waals surface area contributed by atoms with Crippen molar-refractivity contribution in [1.82, 2.24) is 0 Å². The van der Waals surface area contributed by atoms with Crippen LogP contribution in [0, 0.1) is 6.92 Å². The van der Waals surface area contributed by atoms with Crippen LogP contribution in [0.3, 0.4) is 0 Å². The molecule has 0 saturated carbocycles. The summed E-state index contributed by atoms with van der Waals surface area (Å²) >= 11 is 0. The van der Waals surface area contributed by atoms with E-state index in [9.17, 15) is 4.79 Å². The van der Waals surface area contributed by atoms with Crippen molar-refractivity contribution in [3.63, 3.8) is 0 Å². The Labute approximate surface area is 89.3 Å². The fourth-order valence-electron chi connectivity index (χ4n) is 1.17. The SMILES string of the molecule is COC(=O)/C=C/c1ccc(C)c(OC)c1. The van der Waals surface area contributed by atoms with Crippen LogP contribution < -0.4 is 4.74 Å². The summed E-state index contributed by atoms with van der Waals surface area (Å²) in [6.45, 7) is 1.96. The molecule has 0 aromatic heterocycles. The first-order valence-electron chi connectivity index (χ1n) is 4.58. The highest BCUT2D eigenvalue weighted by Gasteiger charge is 1.98. The van der Waals surface area contributed by atoms with Crippen LogP contribution in [0.15, 0.2) is 24.3 Å². The molecule has 0 aliphatic rings. The van der Waals surface area contributed by atoms with Gasteiger partial charge in [-0.2, -0.15) is 0 Å². The summed E-state index contributed by atoms with van der Waals surface area (Å²) in [6.07, 6.45) is 3.07. The maximum atomic E-state index is 10.9. The molecule has 0 N–H and O–H groups in total. The molecule has 80 valence electrons. The molecule has 1 aromatic rings. The number of rotatable bonds is 3. The largest absolute Gasteiger partial charge is 0.496 e. The Morgan fingerprint density at radius 2 is 2.07 bits per heavy atom. The summed E-state index contributed by atoms with van der Waals surface area (Å²) in [4.78, 5) is 10.9. The summed E-state index contributed by atoms with van der Waals surface area (Å²) in [7, 11) is 2.97. The molecule has 3 heteroatoms. The zero-order valence-corrected chi connectivity index (χ0v) is 9.11. The number of hydrogen-bond donors (Lipinski definition) is 0. The first-order chi connectivity index (χ1) is 7.17. The lowest BCUT2D eigenvalue weighted by molar-refractivity contribution is -0.134. The summed E-state index contributed by atoms with van der Waals surface area (Å²) in [5, 5.41) is 0. The smallest absolute Gasteiger partial charge is 0.330 e. The molecule has 0 atom stereocenters. The van der Waals surface area contributed by atoms with Crippen LogP contribution in [0.5, 0.6) is 5.75 Å². The van der Waals surface area contributed by atoms with Gasteiger partial charge in [0, 0.05) is 6.08 Å². The van der Waals surface area contributed by atoms with Crippen LogP contribution in [0.2, 0.25) is 0 Å². The minimum atomic E-state index is -0.366. The average Bonchev–Trinajstić information content (AvgIpc) is 2.27. The number of benzene rings is 1. The second kappa shape index (κ2) is 5.20. The lowest BCUT2D eigenvalue weighted by atomic mass is 10.1. The lowest BCUT2D eigenvalue weighted by Gasteiger charge is -2.04. The molecular weight excluding hydrogens is 192 g/mol. The molecule has 0 bridgehead atoms. The van der Waals surface area contributed by atoms with E-state index in [1.807, 2.05) is 25.1 Å². The molecule has 0 saturated heterocycles. The lowest BCUT2D eigenvalue weighted by Crippen LogP contribution is -1.93. The normalized spacial score (nSPS) is 10.3. The van der Waals surface area contributed by atoms with Gasteiger partial charge in [0.1, 0.15) is 5.75 Å². The summed E-state index contributed by atoms with van der Waals surface area (Å²) < 4.78 is 9.66. The van der Waals surface area contributed by atoms with Crippen molar-refractivity contribution in [1.29, 1.82) is 0 Å². The third-order valence-electron chi connectivity index (χ3n) is 2.05. The summed E-state index contributed by atoms with van der Waals surface area (Å²) in [6, 6.07) is 5.72. The van der Waals surface area contributed by atoms with Crippen molar-refractivity contribution in [2.45, 2.75) is 6.92 Å². The molecule has 0 heterocycles. The Morgan fingerprint density at radius 1 is 1.33 bits per heavy atom. The number of esters is 1. The number of ether oxygens (including phenoxy) is 2. The number of hydrogen-bond acceptors (Lipinski definition) is 3. The molecule has 1 rings (SSSR count). The Balaban J connectivity index is 2.87. The fourth-order valence-corrected chi connectivity index (χ4v) is 1.17. The van der Waals surface area contributed by atoms with Crippen molar-refractivity contribution >= 4 is 12.0 Å². The van der Waals surface area contributed by atoms with E-state index in [2.05, 4.69) is 4.74 Å². The zero-order valence-electron chi connectivity index (χ0n) is 9.11. The van der Waals surface area contributed by atoms with Gasteiger partial charge in [0.25, 0.3) is 0 Å². The number of methoxy groups -OCH3 is 2. The highest BCUT2D eigenvalue weighted by molar-refractivity contribution is 5.87. The minimum Gasteiger partial charge on any atom is -0.496 e. The maximum Gasteiger partial charge on any atom is 0.330 e. The van der Waals surface area contributed by atoms with Gasteiger partial charge in [0.05, 0.1) is 14.2 Å². The van der Waals surface area contributed by atoms with Gasteiger partial charge >= 0.3 is 5.97 Å². The Hall–Kier alpha value is -1.77. The van der Waals surface area contributed by atoms with Gasteiger partial charge < -0.3 is 9.47 Å². The predicted molar refractivity (Wildman–Crippen MR) is 58.8 cm³/mol. The third-order valence-corrected chi connectivity index (χ3v) is 2.05. The van der Waals surface area contributed by atoms with Gasteiger partial charge in [-0.25, -0.2) is 4.79 Å². The van der Waals surface area contributed by atoms with E-state index in [1.165, 1.54) is 13.2 Å². The molecule has 0 aliphatic heterocycles. The van der Waals surface area contributed by atoms with Crippen LogP contribution in [0.25, 0.3) is 6.08 Å². The van der Waals surface area contributed by atoms with Gasteiger partial charge in [-0.1, -0.05) is 12.1 Å². The van der Waals surface area contributed by atoms with Gasteiger partial charge in [-0.3, -0.25) is 0 Å². The minimum absolute atomic E-state index is 0.366. The molecule has 15 heavy (non-hydrogen) atoms. The van der Waals surface area contributed by atoms with Crippen LogP contribution in [0.4, 0.5) is 0 Å². The van der Waals surface area contributed by atoms with Gasteiger partial charge in [0.15, 0.2) is 0 Å². The van der Waals surface area contributed by atoms with Crippen molar-refractivity contribution in [3.8, 4) is 5.75 Å². The van der Waals surface area contributed by atoms with Crippen LogP contribution in [0.1, 0.15) is 11.1 Å². The molecule has 0 aliphatic carbocycles. The van der Waals surface area contributed by atoms with E-state index in [0.29, 0.717) is 0 Å². The van der Waals surface area contributed by atoms with Crippen LogP contribution in [-0.2, 0) is 9.53 Å². The molecule has 0 unspecified atom stereocenters. The molecule has 0 amide bonds. The van der Waals surface area contributed by atoms with Crippen molar-refractivity contribution in [2.24, 2.45) is 0 Å². The Kier molecular flexibility index (Phi) is 3.92. The topological polar surface area (TPSA) is 35.5 Å². The van der Waals surface area contributed by atoms with E-state index in [0.717, 1.165) is 16.9 Å². The van der Waals surface area contributed by atoms with E-state index in [-0.39, 0.29) is 5.97 Å². The maximum absolute atomic E-state index is 10.9. The van der Waals surface area contributed by atoms with Gasteiger partial charge in [0.2, 0.25) is 0 Å². The zero-order chi connectivity index (χ0) is 11.3. The summed E-state index contributed by atoms with van der Waals surface area (Å²) in [5.41, 5.74) is 1.97. The van der Waals surface area contributed by atoms with E-state index >= 15 is 0 Å². The predicted octanol–water partition coefficient (Wildman–Crippen LogP) is 2.19. The molecule has 0 radical (unpaired) electrons. The number of carbonyl (C=O) groups excluding carboxylic acids is 1. The van der Waals surface area contributed by atoms with E-state index < -0.39 is 0 Å². The standard InChI is InChI=1S/C12H14O3/c1-9-4-5-10(8-11(9)14-2)6-7-12(13)15-3/h4-8H,1-3H3/b7-6+. The third kappa shape index (κ3) is 3.13. The van der Waals surface area contributed by atoms with Crippen molar-refractivity contribution in [2.75, 3.05) is 14.2 Å². The van der Waals surface area contributed by atoms with Crippen LogP contribution >= 0.6 is 0 Å². The molecular formula is C12H14O3. The fraction of sp³-hybridized carbons (Fsp3) is 0.250. The van der Waals surface area contributed by atoms with Crippen LogP contribution in [-0.4, -0.2) is 20.2 Å².